The Morgan fingerprint density at radius 3 is 1.33 bits per heavy atom. The Morgan fingerprint density at radius 2 is 1.00 bits per heavy atom. The topological polar surface area (TPSA) is 87.1 Å². The molecule has 0 aliphatic heterocycles. The van der Waals surface area contributed by atoms with Crippen LogP contribution in [0, 0.1) is 23.3 Å². The maximum absolute atomic E-state index is 12.6. The average molecular weight is 1320 g/mol. The molecule has 0 aliphatic carbocycles. The van der Waals surface area contributed by atoms with Gasteiger partial charge in [-0.2, -0.15) is 8.78 Å². The third-order valence-corrected chi connectivity index (χ3v) is 27.0. The number of unbranched alkanes of at least 4 members (excludes halogenated alkanes) is 3. The standard InChI is InChI=1S/C9H9BrFNO.C7H5BrF3N.C7H5BrFNO.C5H2Br2FN.C4H7O.3C4H9.Sn/c1-3-13-6(2)9-8(10)4-7(11)5-12-9;1-7(10,11)6-5(8)2-4(9)3-12-6;1-4(11)7-6(8)2-5(9)3-10-7;6-4-1-3(8)2-9-5(4)7;1-3-5-4-2;3*1-3-4-2;/h4-5H,2-3H2,1H3;2-3H,1H3;2-3H,1H3;1-2H;1,4H2,2H3;3*1,3-4H2,2H3;. The zero-order valence-electron chi connectivity index (χ0n) is 36.5. The van der Waals surface area contributed by atoms with Crippen LogP contribution in [0.2, 0.25) is 13.3 Å². The van der Waals surface area contributed by atoms with Crippen LogP contribution in [0.25, 0.3) is 5.76 Å². The fourth-order valence-electron chi connectivity index (χ4n) is 5.34. The van der Waals surface area contributed by atoms with E-state index in [-0.39, 0.29) is 27.6 Å². The number of halogens is 11. The number of carbonyl (C=O) groups excluding carboxylic acids is 1. The molecule has 4 heterocycles. The molecule has 0 fully saturated rings. The number of carbonyl (C=O) groups is 1. The molecule has 0 amide bonds. The number of pyridine rings is 4. The summed E-state index contributed by atoms with van der Waals surface area (Å²) in [7, 11) is 0. The second-order valence-corrected chi connectivity index (χ2v) is 31.0. The van der Waals surface area contributed by atoms with Crippen LogP contribution < -0.4 is 0 Å². The van der Waals surface area contributed by atoms with Gasteiger partial charge in [-0.25, -0.2) is 32.5 Å². The molecule has 0 unspecified atom stereocenters. The van der Waals surface area contributed by atoms with E-state index in [1.54, 1.807) is 0 Å². The van der Waals surface area contributed by atoms with Crippen LogP contribution in [-0.2, 0) is 15.4 Å². The van der Waals surface area contributed by atoms with E-state index in [4.69, 9.17) is 9.47 Å². The summed E-state index contributed by atoms with van der Waals surface area (Å²) in [6, 6.07) is 4.84. The molecule has 0 saturated carbocycles. The number of alkyl halides is 2. The molecule has 350 valence electrons. The van der Waals surface area contributed by atoms with E-state index in [0.29, 0.717) is 43.0 Å². The van der Waals surface area contributed by atoms with Gasteiger partial charge in [0.1, 0.15) is 50.7 Å². The number of nitrogens with zero attached hydrogens (tertiary/aromatic N) is 4. The summed E-state index contributed by atoms with van der Waals surface area (Å²) in [5.74, 6) is -4.63. The van der Waals surface area contributed by atoms with E-state index in [0.717, 1.165) is 37.5 Å². The Hall–Kier alpha value is -1.87. The number of hydrogen-bond donors (Lipinski definition) is 0. The molecular weight excluding hydrogens is 1260 g/mol. The second-order valence-electron chi connectivity index (χ2n) is 13.6. The Morgan fingerprint density at radius 1 is 0.619 bits per heavy atom. The Balaban J connectivity index is 0.000000776. The molecule has 63 heavy (non-hydrogen) atoms. The summed E-state index contributed by atoms with van der Waals surface area (Å²) in [6.07, 6.45) is 12.2. The Labute approximate surface area is 414 Å². The Kier molecular flexibility index (Phi) is 31.8. The summed E-state index contributed by atoms with van der Waals surface area (Å²) in [4.78, 5) is 25.2. The van der Waals surface area contributed by atoms with Crippen molar-refractivity contribution < 1.29 is 40.6 Å². The monoisotopic (exact) mass is 1320 g/mol. The van der Waals surface area contributed by atoms with Gasteiger partial charge < -0.3 is 4.74 Å². The minimum Gasteiger partial charge on any atom is -0.293 e. The van der Waals surface area contributed by atoms with Crippen molar-refractivity contribution in [2.24, 2.45) is 0 Å². The van der Waals surface area contributed by atoms with E-state index in [1.807, 2.05) is 6.92 Å². The molecular formula is C44H55Br5F6N4O3Sn. The van der Waals surface area contributed by atoms with Gasteiger partial charge in [0.05, 0.1) is 35.9 Å². The third-order valence-electron chi connectivity index (χ3n) is 8.46. The van der Waals surface area contributed by atoms with Gasteiger partial charge in [-0.3, -0.25) is 9.78 Å². The summed E-state index contributed by atoms with van der Waals surface area (Å²) in [5.41, 5.74) is 0.332. The first-order valence-corrected chi connectivity index (χ1v) is 31.4. The molecule has 0 bridgehead atoms. The van der Waals surface area contributed by atoms with Gasteiger partial charge in [-0.05, 0) is 111 Å². The third kappa shape index (κ3) is 24.5. The minimum atomic E-state index is -3.05. The molecule has 0 spiro atoms. The van der Waals surface area contributed by atoms with Gasteiger partial charge >= 0.3 is 120 Å². The van der Waals surface area contributed by atoms with Gasteiger partial charge in [0.25, 0.3) is 5.92 Å². The van der Waals surface area contributed by atoms with Crippen molar-refractivity contribution >= 4 is 110 Å². The molecule has 19 heteroatoms. The van der Waals surface area contributed by atoms with Gasteiger partial charge in [-0.15, -0.1) is 0 Å². The molecule has 4 rings (SSSR count). The first kappa shape index (κ1) is 61.1. The first-order chi connectivity index (χ1) is 29.5. The van der Waals surface area contributed by atoms with Crippen molar-refractivity contribution in [1.29, 1.82) is 0 Å². The van der Waals surface area contributed by atoms with Crippen LogP contribution in [0.1, 0.15) is 109 Å². The normalized spacial score (nSPS) is 10.6. The van der Waals surface area contributed by atoms with Gasteiger partial charge in [0.2, 0.25) is 0 Å². The molecule has 4 aromatic rings. The number of aromatic nitrogens is 4. The molecule has 0 saturated heterocycles. The summed E-state index contributed by atoms with van der Waals surface area (Å²) < 4.78 is 93.8. The van der Waals surface area contributed by atoms with E-state index in [2.05, 4.69) is 140 Å². The van der Waals surface area contributed by atoms with Crippen LogP contribution in [0.3, 0.4) is 0 Å². The van der Waals surface area contributed by atoms with E-state index >= 15 is 0 Å². The summed E-state index contributed by atoms with van der Waals surface area (Å²) >= 11 is 13.0. The predicted molar refractivity (Wildman–Crippen MR) is 261 cm³/mol. The van der Waals surface area contributed by atoms with Gasteiger partial charge in [-0.1, -0.05) is 6.58 Å². The van der Waals surface area contributed by atoms with Crippen LogP contribution in [0.15, 0.2) is 88.5 Å². The van der Waals surface area contributed by atoms with Crippen LogP contribution >= 0.6 is 79.6 Å². The van der Waals surface area contributed by atoms with Crippen molar-refractivity contribution in [3.05, 3.63) is 129 Å². The molecule has 0 aromatic carbocycles. The van der Waals surface area contributed by atoms with Crippen molar-refractivity contribution in [1.82, 2.24) is 19.9 Å². The zero-order valence-corrected chi connectivity index (χ0v) is 47.3. The fraction of sp³-hybridized carbons (Fsp3) is 0.432. The minimum absolute atomic E-state index is 0.0185. The number of Topliss-reactive ketones (excluding diaryl/α,β-unsaturated/α-hetero) is 1. The average Bonchev–Trinajstić information content (AvgIpc) is 3.20. The van der Waals surface area contributed by atoms with Crippen LogP contribution in [0.4, 0.5) is 26.3 Å². The molecule has 7 nitrogen and oxygen atoms in total. The zero-order chi connectivity index (χ0) is 48.3. The molecule has 4 aromatic heterocycles. The maximum Gasteiger partial charge on any atom is 0.288 e. The van der Waals surface area contributed by atoms with Crippen molar-refractivity contribution in [2.45, 2.75) is 106 Å². The van der Waals surface area contributed by atoms with Crippen LogP contribution in [-0.4, -0.2) is 57.3 Å². The number of ether oxygens (including phenoxy) is 2. The van der Waals surface area contributed by atoms with E-state index < -0.39 is 41.6 Å². The van der Waals surface area contributed by atoms with E-state index in [9.17, 15) is 31.1 Å². The smallest absolute Gasteiger partial charge is 0.288 e. The van der Waals surface area contributed by atoms with Crippen LogP contribution in [0.5, 0.6) is 0 Å². The SMILES string of the molecule is C=C(OCC)c1ncc(F)cc1Br.C=[C](OCC)[Sn]([CH2]CCC)([CH2]CCC)[CH2]CCC.CC(=O)c1ncc(F)cc1Br.CC(F)(F)c1ncc(F)cc1Br.Fc1cnc(Br)c(Br)c1. The second kappa shape index (κ2) is 32.7. The summed E-state index contributed by atoms with van der Waals surface area (Å²) in [5, 5.41) is 0. The number of hydrogen-bond acceptors (Lipinski definition) is 7. The predicted octanol–water partition coefficient (Wildman–Crippen LogP) is 16.9. The first-order valence-electron chi connectivity index (χ1n) is 20.0. The van der Waals surface area contributed by atoms with Crippen molar-refractivity contribution in [3.8, 4) is 0 Å². The molecule has 0 radical (unpaired) electrons. The Bertz CT molecular complexity index is 2010. The molecule has 0 aliphatic rings. The van der Waals surface area contributed by atoms with Crippen molar-refractivity contribution in [2.75, 3.05) is 13.2 Å². The number of rotatable bonds is 17. The van der Waals surface area contributed by atoms with Crippen molar-refractivity contribution in [3.63, 3.8) is 0 Å². The van der Waals surface area contributed by atoms with E-state index in [1.165, 1.54) is 80.7 Å². The summed E-state index contributed by atoms with van der Waals surface area (Å²) in [6.45, 7) is 22.3. The molecule has 0 N–H and O–H groups in total. The largest absolute Gasteiger partial charge is 0.293 e. The van der Waals surface area contributed by atoms with Gasteiger partial charge in [0.15, 0.2) is 5.78 Å². The molecule has 0 atom stereocenters. The fourth-order valence-corrected chi connectivity index (χ4v) is 22.3. The maximum atomic E-state index is 12.6. The van der Waals surface area contributed by atoms with Gasteiger partial charge in [0, 0.05) is 27.3 Å². The number of ketones is 1. The quantitative estimate of drug-likeness (QED) is 0.0342.